The van der Waals surface area contributed by atoms with Crippen molar-refractivity contribution in [3.05, 3.63) is 29.6 Å². The first-order chi connectivity index (χ1) is 6.19. The summed E-state index contributed by atoms with van der Waals surface area (Å²) >= 11 is 0. The molecule has 0 unspecified atom stereocenters. The number of nitrogens with two attached hydrogens (primary N) is 1. The van der Waals surface area contributed by atoms with Gasteiger partial charge >= 0.3 is 0 Å². The standard InChI is InChI=1S/C8H9FN2O2/c1-13-7-4-5(9)2-3-6(7)8(10)11-12/h2-4,12H,1H3,(H2,10,11). The second kappa shape index (κ2) is 3.75. The Balaban J connectivity index is 3.21. The van der Waals surface area contributed by atoms with Crippen molar-refractivity contribution in [3.63, 3.8) is 0 Å². The Bertz CT molecular complexity index is 339. The summed E-state index contributed by atoms with van der Waals surface area (Å²) in [4.78, 5) is 0. The summed E-state index contributed by atoms with van der Waals surface area (Å²) in [5.41, 5.74) is 5.67. The zero-order valence-corrected chi connectivity index (χ0v) is 6.99. The average molecular weight is 184 g/mol. The van der Waals surface area contributed by atoms with Gasteiger partial charge in [0.2, 0.25) is 0 Å². The van der Waals surface area contributed by atoms with Crippen LogP contribution < -0.4 is 10.5 Å². The van der Waals surface area contributed by atoms with Gasteiger partial charge in [-0.15, -0.1) is 0 Å². The maximum atomic E-state index is 12.7. The Morgan fingerprint density at radius 3 is 2.85 bits per heavy atom. The van der Waals surface area contributed by atoms with E-state index in [1.54, 1.807) is 0 Å². The van der Waals surface area contributed by atoms with Crippen LogP contribution in [0.25, 0.3) is 0 Å². The normalized spacial score (nSPS) is 11.4. The van der Waals surface area contributed by atoms with Crippen LogP contribution in [-0.2, 0) is 0 Å². The second-order valence-electron chi connectivity index (χ2n) is 2.33. The van der Waals surface area contributed by atoms with Crippen molar-refractivity contribution in [1.29, 1.82) is 0 Å². The lowest BCUT2D eigenvalue weighted by atomic mass is 10.2. The predicted octanol–water partition coefficient (Wildman–Crippen LogP) is 0.929. The molecule has 0 aliphatic heterocycles. The van der Waals surface area contributed by atoms with E-state index in [4.69, 9.17) is 15.7 Å². The van der Waals surface area contributed by atoms with Crippen LogP contribution in [0.2, 0.25) is 0 Å². The molecular weight excluding hydrogens is 175 g/mol. The Labute approximate surface area is 74.4 Å². The van der Waals surface area contributed by atoms with Crippen LogP contribution in [0.3, 0.4) is 0 Å². The molecular formula is C8H9FN2O2. The lowest BCUT2D eigenvalue weighted by Gasteiger charge is -2.05. The van der Waals surface area contributed by atoms with Crippen LogP contribution in [0.15, 0.2) is 23.4 Å². The first kappa shape index (κ1) is 9.31. The van der Waals surface area contributed by atoms with Crippen LogP contribution in [-0.4, -0.2) is 18.2 Å². The van der Waals surface area contributed by atoms with Crippen molar-refractivity contribution in [2.45, 2.75) is 0 Å². The van der Waals surface area contributed by atoms with E-state index in [-0.39, 0.29) is 11.6 Å². The molecule has 0 aromatic heterocycles. The van der Waals surface area contributed by atoms with Gasteiger partial charge in [0.1, 0.15) is 11.6 Å². The molecule has 70 valence electrons. The van der Waals surface area contributed by atoms with Crippen LogP contribution >= 0.6 is 0 Å². The predicted molar refractivity (Wildman–Crippen MR) is 45.5 cm³/mol. The second-order valence-corrected chi connectivity index (χ2v) is 2.33. The molecule has 3 N–H and O–H groups in total. The van der Waals surface area contributed by atoms with Gasteiger partial charge in [0, 0.05) is 6.07 Å². The van der Waals surface area contributed by atoms with Gasteiger partial charge in [0.15, 0.2) is 5.84 Å². The van der Waals surface area contributed by atoms with Gasteiger partial charge in [0.25, 0.3) is 0 Å². The summed E-state index contributed by atoms with van der Waals surface area (Å²) < 4.78 is 17.5. The van der Waals surface area contributed by atoms with Crippen LogP contribution in [0.5, 0.6) is 5.75 Å². The smallest absolute Gasteiger partial charge is 0.173 e. The largest absolute Gasteiger partial charge is 0.496 e. The first-order valence-corrected chi connectivity index (χ1v) is 3.50. The number of hydrogen-bond acceptors (Lipinski definition) is 3. The number of ether oxygens (including phenoxy) is 1. The molecule has 0 heterocycles. The van der Waals surface area contributed by atoms with Gasteiger partial charge in [0.05, 0.1) is 12.7 Å². The topological polar surface area (TPSA) is 67.8 Å². The highest BCUT2D eigenvalue weighted by Crippen LogP contribution is 2.18. The molecule has 4 nitrogen and oxygen atoms in total. The molecule has 0 aliphatic rings. The maximum absolute atomic E-state index is 12.7. The Hall–Kier alpha value is -1.78. The monoisotopic (exact) mass is 184 g/mol. The van der Waals surface area contributed by atoms with E-state index < -0.39 is 5.82 Å². The van der Waals surface area contributed by atoms with Crippen molar-refractivity contribution in [2.24, 2.45) is 10.9 Å². The fourth-order valence-electron chi connectivity index (χ4n) is 0.931. The number of nitrogens with zero attached hydrogens (tertiary/aromatic N) is 1. The summed E-state index contributed by atoms with van der Waals surface area (Å²) in [6, 6.07) is 3.74. The minimum absolute atomic E-state index is 0.114. The Morgan fingerprint density at radius 1 is 1.62 bits per heavy atom. The number of benzene rings is 1. The summed E-state index contributed by atoms with van der Waals surface area (Å²) in [6.07, 6.45) is 0. The van der Waals surface area contributed by atoms with Gasteiger partial charge in [-0.25, -0.2) is 4.39 Å². The lowest BCUT2D eigenvalue weighted by molar-refractivity contribution is 0.318. The molecule has 0 fully saturated rings. The molecule has 0 atom stereocenters. The Morgan fingerprint density at radius 2 is 2.31 bits per heavy atom. The minimum Gasteiger partial charge on any atom is -0.496 e. The van der Waals surface area contributed by atoms with E-state index in [2.05, 4.69) is 5.16 Å². The number of hydrogen-bond donors (Lipinski definition) is 2. The molecule has 1 rings (SSSR count). The summed E-state index contributed by atoms with van der Waals surface area (Å²) in [7, 11) is 1.38. The quantitative estimate of drug-likeness (QED) is 0.311. The SMILES string of the molecule is COc1cc(F)ccc1C(N)=NO. The summed E-state index contributed by atoms with van der Waals surface area (Å²) in [5, 5.41) is 11.2. The number of oxime groups is 1. The van der Waals surface area contributed by atoms with Gasteiger partial charge in [-0.3, -0.25) is 0 Å². The van der Waals surface area contributed by atoms with E-state index in [0.29, 0.717) is 5.56 Å². The molecule has 0 saturated heterocycles. The number of amidine groups is 1. The van der Waals surface area contributed by atoms with Crippen molar-refractivity contribution in [2.75, 3.05) is 7.11 Å². The van der Waals surface area contributed by atoms with Crippen molar-refractivity contribution >= 4 is 5.84 Å². The van der Waals surface area contributed by atoms with Crippen LogP contribution in [0.4, 0.5) is 4.39 Å². The number of rotatable bonds is 2. The molecule has 0 amide bonds. The van der Waals surface area contributed by atoms with Gasteiger partial charge in [-0.05, 0) is 12.1 Å². The third-order valence-electron chi connectivity index (χ3n) is 1.55. The number of methoxy groups -OCH3 is 1. The van der Waals surface area contributed by atoms with E-state index in [0.717, 1.165) is 6.07 Å². The molecule has 0 radical (unpaired) electrons. The maximum Gasteiger partial charge on any atom is 0.173 e. The average Bonchev–Trinajstić information content (AvgIpc) is 2.16. The zero-order valence-electron chi connectivity index (χ0n) is 6.99. The highest BCUT2D eigenvalue weighted by Gasteiger charge is 2.07. The molecule has 0 spiro atoms. The molecule has 5 heteroatoms. The van der Waals surface area contributed by atoms with Gasteiger partial charge < -0.3 is 15.7 Å². The fraction of sp³-hybridized carbons (Fsp3) is 0.125. The molecule has 0 bridgehead atoms. The van der Waals surface area contributed by atoms with E-state index in [1.165, 1.54) is 19.2 Å². The molecule has 1 aromatic rings. The van der Waals surface area contributed by atoms with E-state index >= 15 is 0 Å². The molecule has 0 aliphatic carbocycles. The molecule has 1 aromatic carbocycles. The number of halogens is 1. The Kier molecular flexibility index (Phi) is 2.69. The molecule has 0 saturated carbocycles. The van der Waals surface area contributed by atoms with Crippen molar-refractivity contribution in [3.8, 4) is 5.75 Å². The van der Waals surface area contributed by atoms with Crippen LogP contribution in [0, 0.1) is 5.82 Å². The van der Waals surface area contributed by atoms with Crippen molar-refractivity contribution < 1.29 is 14.3 Å². The van der Waals surface area contributed by atoms with E-state index in [9.17, 15) is 4.39 Å². The highest BCUT2D eigenvalue weighted by atomic mass is 19.1. The lowest BCUT2D eigenvalue weighted by Crippen LogP contribution is -2.14. The third kappa shape index (κ3) is 1.87. The van der Waals surface area contributed by atoms with Gasteiger partial charge in [-0.2, -0.15) is 0 Å². The minimum atomic E-state index is -0.439. The summed E-state index contributed by atoms with van der Waals surface area (Å²) in [6.45, 7) is 0. The van der Waals surface area contributed by atoms with Gasteiger partial charge in [-0.1, -0.05) is 5.16 Å². The van der Waals surface area contributed by atoms with Crippen molar-refractivity contribution in [1.82, 2.24) is 0 Å². The molecule has 13 heavy (non-hydrogen) atoms. The third-order valence-corrected chi connectivity index (χ3v) is 1.55. The highest BCUT2D eigenvalue weighted by molar-refractivity contribution is 5.99. The van der Waals surface area contributed by atoms with E-state index in [1.807, 2.05) is 0 Å². The first-order valence-electron chi connectivity index (χ1n) is 3.50. The van der Waals surface area contributed by atoms with Crippen LogP contribution in [0.1, 0.15) is 5.56 Å². The zero-order chi connectivity index (χ0) is 9.84. The fourth-order valence-corrected chi connectivity index (χ4v) is 0.931. The summed E-state index contributed by atoms with van der Waals surface area (Å²) in [5.74, 6) is -0.321.